The molecule has 8 nitrogen and oxygen atoms in total. The lowest BCUT2D eigenvalue weighted by Crippen LogP contribution is -2.42. The van der Waals surface area contributed by atoms with Crippen LogP contribution in [0.5, 0.6) is 17.2 Å². The molecule has 0 bridgehead atoms. The molecule has 8 heteroatoms. The van der Waals surface area contributed by atoms with Crippen molar-refractivity contribution in [3.8, 4) is 17.2 Å². The average Bonchev–Trinajstić information content (AvgIpc) is 3.19. The van der Waals surface area contributed by atoms with Crippen LogP contribution in [0.15, 0.2) is 42.6 Å². The van der Waals surface area contributed by atoms with Crippen LogP contribution >= 0.6 is 0 Å². The van der Waals surface area contributed by atoms with Crippen LogP contribution in [0.1, 0.15) is 17.5 Å². The first-order chi connectivity index (χ1) is 15.0. The van der Waals surface area contributed by atoms with E-state index in [9.17, 15) is 14.7 Å². The Morgan fingerprint density at radius 2 is 1.74 bits per heavy atom. The number of aromatic amines is 1. The first-order valence-electron chi connectivity index (χ1n) is 9.83. The normalized spacial score (nSPS) is 11.7. The number of ether oxygens (including phenoxy) is 3. The van der Waals surface area contributed by atoms with Gasteiger partial charge < -0.3 is 29.6 Å². The quantitative estimate of drug-likeness (QED) is 0.460. The molecule has 2 aromatic carbocycles. The summed E-state index contributed by atoms with van der Waals surface area (Å²) in [5, 5.41) is 13.2. The van der Waals surface area contributed by atoms with Gasteiger partial charge in [-0.2, -0.15) is 0 Å². The number of hydrogen-bond donors (Lipinski definition) is 3. The fraction of sp³-hybridized carbons (Fsp3) is 0.304. The summed E-state index contributed by atoms with van der Waals surface area (Å²) in [6, 6.07) is 10.2. The van der Waals surface area contributed by atoms with Crippen LogP contribution in [0.3, 0.4) is 0 Å². The SMILES string of the molecule is COc1ccc(CCC(=O)N[C@@H](Cc2c[nH]c3ccccc23)C(=O)O)c(OC)c1OC. The molecule has 0 spiro atoms. The van der Waals surface area contributed by atoms with Gasteiger partial charge in [-0.25, -0.2) is 4.79 Å². The molecular weight excluding hydrogens is 400 g/mol. The summed E-state index contributed by atoms with van der Waals surface area (Å²) < 4.78 is 16.1. The smallest absolute Gasteiger partial charge is 0.326 e. The summed E-state index contributed by atoms with van der Waals surface area (Å²) in [6.07, 6.45) is 2.42. The fourth-order valence-electron chi connectivity index (χ4n) is 3.60. The van der Waals surface area contributed by atoms with Crippen molar-refractivity contribution in [1.29, 1.82) is 0 Å². The maximum atomic E-state index is 12.5. The predicted molar refractivity (Wildman–Crippen MR) is 116 cm³/mol. The topological polar surface area (TPSA) is 110 Å². The molecule has 3 rings (SSSR count). The van der Waals surface area contributed by atoms with E-state index in [2.05, 4.69) is 10.3 Å². The van der Waals surface area contributed by atoms with Crippen molar-refractivity contribution in [3.05, 3.63) is 53.7 Å². The molecule has 1 atom stereocenters. The lowest BCUT2D eigenvalue weighted by Gasteiger charge is -2.17. The molecule has 1 amide bonds. The first-order valence-corrected chi connectivity index (χ1v) is 9.83. The number of carbonyl (C=O) groups excluding carboxylic acids is 1. The van der Waals surface area contributed by atoms with Gasteiger partial charge in [0.2, 0.25) is 11.7 Å². The maximum Gasteiger partial charge on any atom is 0.326 e. The summed E-state index contributed by atoms with van der Waals surface area (Å²) in [5.41, 5.74) is 2.53. The molecular formula is C23H26N2O6. The number of nitrogens with one attached hydrogen (secondary N) is 2. The number of fused-ring (bicyclic) bond motifs is 1. The Morgan fingerprint density at radius 1 is 1.00 bits per heavy atom. The number of aliphatic carboxylic acids is 1. The van der Waals surface area contributed by atoms with Crippen LogP contribution in [0, 0.1) is 0 Å². The summed E-state index contributed by atoms with van der Waals surface area (Å²) in [6.45, 7) is 0. The van der Waals surface area contributed by atoms with Crippen molar-refractivity contribution in [3.63, 3.8) is 0 Å². The first kappa shape index (κ1) is 22.0. The zero-order valence-electron chi connectivity index (χ0n) is 17.7. The van der Waals surface area contributed by atoms with Crippen LogP contribution < -0.4 is 19.5 Å². The highest BCUT2D eigenvalue weighted by Crippen LogP contribution is 2.40. The molecule has 0 aliphatic heterocycles. The molecule has 0 saturated carbocycles. The third-order valence-electron chi connectivity index (χ3n) is 5.14. The molecule has 0 radical (unpaired) electrons. The number of methoxy groups -OCH3 is 3. The van der Waals surface area contributed by atoms with Crippen LogP contribution in [-0.4, -0.2) is 49.3 Å². The number of carboxylic acid groups (broad SMARTS) is 1. The van der Waals surface area contributed by atoms with E-state index in [1.165, 1.54) is 21.3 Å². The Labute approximate surface area is 180 Å². The number of para-hydroxylation sites is 1. The van der Waals surface area contributed by atoms with E-state index in [1.807, 2.05) is 24.3 Å². The predicted octanol–water partition coefficient (Wildman–Crippen LogP) is 2.94. The summed E-state index contributed by atoms with van der Waals surface area (Å²) in [7, 11) is 4.56. The number of carboxylic acids is 1. The van der Waals surface area contributed by atoms with Crippen molar-refractivity contribution in [2.45, 2.75) is 25.3 Å². The van der Waals surface area contributed by atoms with Crippen molar-refractivity contribution < 1.29 is 28.9 Å². The number of aromatic nitrogens is 1. The zero-order valence-corrected chi connectivity index (χ0v) is 17.7. The van der Waals surface area contributed by atoms with E-state index in [4.69, 9.17) is 14.2 Å². The molecule has 164 valence electrons. The number of benzene rings is 2. The van der Waals surface area contributed by atoms with E-state index < -0.39 is 12.0 Å². The van der Waals surface area contributed by atoms with Crippen LogP contribution in [0.4, 0.5) is 0 Å². The van der Waals surface area contributed by atoms with Gasteiger partial charge in [0.05, 0.1) is 21.3 Å². The third-order valence-corrected chi connectivity index (χ3v) is 5.14. The van der Waals surface area contributed by atoms with Crippen LogP contribution in [0.2, 0.25) is 0 Å². The third kappa shape index (κ3) is 4.91. The van der Waals surface area contributed by atoms with Gasteiger partial charge in [-0.1, -0.05) is 24.3 Å². The number of amides is 1. The molecule has 0 fully saturated rings. The molecule has 31 heavy (non-hydrogen) atoms. The lowest BCUT2D eigenvalue weighted by molar-refractivity contribution is -0.141. The largest absolute Gasteiger partial charge is 0.493 e. The van der Waals surface area contributed by atoms with E-state index >= 15 is 0 Å². The molecule has 3 N–H and O–H groups in total. The van der Waals surface area contributed by atoms with Crippen molar-refractivity contribution in [2.24, 2.45) is 0 Å². The summed E-state index contributed by atoms with van der Waals surface area (Å²) in [5.74, 6) is 0.0255. The summed E-state index contributed by atoms with van der Waals surface area (Å²) in [4.78, 5) is 27.4. The molecule has 0 aliphatic rings. The molecule has 0 saturated heterocycles. The highest BCUT2D eigenvalue weighted by Gasteiger charge is 2.22. The average molecular weight is 426 g/mol. The second-order valence-electron chi connectivity index (χ2n) is 7.02. The maximum absolute atomic E-state index is 12.5. The molecule has 1 aromatic heterocycles. The van der Waals surface area contributed by atoms with E-state index in [-0.39, 0.29) is 18.7 Å². The second kappa shape index (κ2) is 9.88. The minimum absolute atomic E-state index is 0.101. The Bertz CT molecular complexity index is 1080. The molecule has 0 aliphatic carbocycles. The molecule has 3 aromatic rings. The minimum atomic E-state index is -1.08. The van der Waals surface area contributed by atoms with Gasteiger partial charge in [0, 0.05) is 29.9 Å². The fourth-order valence-corrected chi connectivity index (χ4v) is 3.60. The van der Waals surface area contributed by atoms with Gasteiger partial charge in [0.1, 0.15) is 6.04 Å². The highest BCUT2D eigenvalue weighted by atomic mass is 16.5. The van der Waals surface area contributed by atoms with Gasteiger partial charge in [-0.3, -0.25) is 4.79 Å². The summed E-state index contributed by atoms with van der Waals surface area (Å²) >= 11 is 0. The standard InChI is InChI=1S/C23H26N2O6/c1-29-19-10-8-14(21(30-2)22(19)31-3)9-11-20(26)25-18(23(27)28)12-15-13-24-17-7-5-4-6-16(15)17/h4-8,10,13,18,24H,9,11-12H2,1-3H3,(H,25,26)(H,27,28)/t18-/m0/s1. The second-order valence-corrected chi connectivity index (χ2v) is 7.02. The van der Waals surface area contributed by atoms with Gasteiger partial charge in [-0.15, -0.1) is 0 Å². The number of hydrogen-bond acceptors (Lipinski definition) is 5. The van der Waals surface area contributed by atoms with E-state index in [1.54, 1.807) is 18.3 Å². The molecule has 1 heterocycles. The Balaban J connectivity index is 1.68. The van der Waals surface area contributed by atoms with Crippen molar-refractivity contribution >= 4 is 22.8 Å². The van der Waals surface area contributed by atoms with Crippen molar-refractivity contribution in [1.82, 2.24) is 10.3 Å². The van der Waals surface area contributed by atoms with E-state index in [0.717, 1.165) is 22.0 Å². The van der Waals surface area contributed by atoms with Crippen LogP contribution in [-0.2, 0) is 22.4 Å². The van der Waals surface area contributed by atoms with Gasteiger partial charge in [0.25, 0.3) is 0 Å². The number of H-pyrrole nitrogens is 1. The highest BCUT2D eigenvalue weighted by molar-refractivity contribution is 5.86. The van der Waals surface area contributed by atoms with Crippen LogP contribution in [0.25, 0.3) is 10.9 Å². The Morgan fingerprint density at radius 3 is 2.42 bits per heavy atom. The number of carbonyl (C=O) groups is 2. The van der Waals surface area contributed by atoms with Gasteiger partial charge in [0.15, 0.2) is 11.5 Å². The molecule has 0 unspecified atom stereocenters. The number of rotatable bonds is 10. The van der Waals surface area contributed by atoms with Gasteiger partial charge >= 0.3 is 5.97 Å². The Hall–Kier alpha value is -3.68. The van der Waals surface area contributed by atoms with E-state index in [0.29, 0.717) is 23.7 Å². The lowest BCUT2D eigenvalue weighted by atomic mass is 10.0. The number of aryl methyl sites for hydroxylation is 1. The van der Waals surface area contributed by atoms with Gasteiger partial charge in [-0.05, 0) is 29.7 Å². The monoisotopic (exact) mass is 426 g/mol. The zero-order chi connectivity index (χ0) is 22.4. The Kier molecular flexibility index (Phi) is 7.02. The van der Waals surface area contributed by atoms with Crippen molar-refractivity contribution in [2.75, 3.05) is 21.3 Å². The minimum Gasteiger partial charge on any atom is -0.493 e.